The van der Waals surface area contributed by atoms with Crippen LogP contribution in [-0.2, 0) is 36.5 Å². The number of nitrogens with zero attached hydrogens (tertiary/aromatic N) is 2. The summed E-state index contributed by atoms with van der Waals surface area (Å²) in [4.78, 5) is -0.216. The molecule has 0 saturated heterocycles. The lowest BCUT2D eigenvalue weighted by Crippen LogP contribution is -2.38. The van der Waals surface area contributed by atoms with Gasteiger partial charge in [-0.05, 0) is 75.2 Å². The van der Waals surface area contributed by atoms with Crippen LogP contribution in [0.4, 0.5) is 0 Å². The molecule has 5 rings (SSSR count). The number of aromatic nitrogens is 1. The summed E-state index contributed by atoms with van der Waals surface area (Å²) in [5, 5.41) is 0.577. The lowest BCUT2D eigenvalue weighted by molar-refractivity contribution is 0.497. The molecule has 218 valence electrons. The molecule has 0 radical (unpaired) electrons. The molecule has 0 bridgehead atoms. The Kier molecular flexibility index (Phi) is 7.88. The number of aryl methyl sites for hydroxylation is 3. The van der Waals surface area contributed by atoms with Gasteiger partial charge in [-0.25, -0.2) is 29.2 Å². The van der Waals surface area contributed by atoms with E-state index >= 15 is 0 Å². The lowest BCUT2D eigenvalue weighted by Gasteiger charge is -2.22. The lowest BCUT2D eigenvalue weighted by atomic mass is 10.1. The van der Waals surface area contributed by atoms with E-state index in [9.17, 15) is 25.3 Å². The summed E-state index contributed by atoms with van der Waals surface area (Å²) in [6.07, 6.45) is 1.38. The summed E-state index contributed by atoms with van der Waals surface area (Å²) in [7, 11) is -13.0. The zero-order valence-corrected chi connectivity index (χ0v) is 25.7. The molecule has 5 aromatic rings. The molecule has 0 unspecified atom stereocenters. The Morgan fingerprint density at radius 1 is 0.571 bits per heavy atom. The van der Waals surface area contributed by atoms with E-state index in [0.29, 0.717) is 20.2 Å². The fraction of sp³-hybridized carbons (Fsp3) is 0.161. The minimum atomic E-state index is -4.51. The minimum Gasteiger partial charge on any atom is -0.241 e. The van der Waals surface area contributed by atoms with Crippen molar-refractivity contribution >= 4 is 41.0 Å². The average molecular weight is 623 g/mol. The summed E-state index contributed by atoms with van der Waals surface area (Å²) in [6.45, 7) is 5.03. The van der Waals surface area contributed by atoms with E-state index in [1.165, 1.54) is 42.6 Å². The first-order valence-electron chi connectivity index (χ1n) is 13.1. The van der Waals surface area contributed by atoms with Gasteiger partial charge < -0.3 is 0 Å². The standard InChI is InChI=1S/C31H30N2O6S3/c1-23-8-14-27(15-9-23)40(34,35)32-22-26(30-6-4-5-7-31(30)32)20-21-33(41(36,37)28-16-10-24(2)11-17-28)42(38,39)29-18-12-25(3)13-19-29/h4-19,22H,20-21H2,1-3H3. The maximum Gasteiger partial charge on any atom is 0.268 e. The highest BCUT2D eigenvalue weighted by atomic mass is 32.3. The second-order valence-electron chi connectivity index (χ2n) is 10.2. The zero-order valence-electron chi connectivity index (χ0n) is 23.3. The van der Waals surface area contributed by atoms with E-state index < -0.39 is 36.6 Å². The Labute approximate surface area is 247 Å². The van der Waals surface area contributed by atoms with Crippen molar-refractivity contribution < 1.29 is 25.3 Å². The summed E-state index contributed by atoms with van der Waals surface area (Å²) in [6, 6.07) is 25.3. The third kappa shape index (κ3) is 5.52. The van der Waals surface area contributed by atoms with Crippen LogP contribution in [0.1, 0.15) is 22.3 Å². The Balaban J connectivity index is 1.59. The number of benzene rings is 4. The molecule has 0 aliphatic rings. The van der Waals surface area contributed by atoms with Gasteiger partial charge in [-0.3, -0.25) is 0 Å². The normalized spacial score (nSPS) is 12.7. The van der Waals surface area contributed by atoms with Gasteiger partial charge in [0.2, 0.25) is 0 Å². The molecule has 11 heteroatoms. The van der Waals surface area contributed by atoms with E-state index in [-0.39, 0.29) is 21.1 Å². The number of rotatable bonds is 9. The number of sulfonamides is 2. The van der Waals surface area contributed by atoms with Crippen molar-refractivity contribution in [2.75, 3.05) is 6.54 Å². The first kappa shape index (κ1) is 29.7. The highest BCUT2D eigenvalue weighted by Crippen LogP contribution is 2.29. The van der Waals surface area contributed by atoms with E-state index in [1.807, 2.05) is 6.92 Å². The van der Waals surface area contributed by atoms with Gasteiger partial charge in [0.1, 0.15) is 0 Å². The minimum absolute atomic E-state index is 0.0624. The zero-order chi connectivity index (χ0) is 30.3. The molecule has 42 heavy (non-hydrogen) atoms. The molecule has 0 aliphatic heterocycles. The molecule has 0 aliphatic carbocycles. The molecule has 4 aromatic carbocycles. The molecule has 0 N–H and O–H groups in total. The molecule has 0 fully saturated rings. The average Bonchev–Trinajstić information content (AvgIpc) is 3.33. The van der Waals surface area contributed by atoms with E-state index in [4.69, 9.17) is 0 Å². The molecule has 0 amide bonds. The molecule has 8 nitrogen and oxygen atoms in total. The quantitative estimate of drug-likeness (QED) is 0.217. The van der Waals surface area contributed by atoms with Crippen LogP contribution in [0.3, 0.4) is 0 Å². The Morgan fingerprint density at radius 3 is 1.48 bits per heavy atom. The second kappa shape index (κ2) is 11.1. The molecule has 0 spiro atoms. The second-order valence-corrected chi connectivity index (χ2v) is 15.9. The number of hydrogen-bond donors (Lipinski definition) is 0. The predicted octanol–water partition coefficient (Wildman–Crippen LogP) is 5.43. The van der Waals surface area contributed by atoms with Crippen LogP contribution in [0.5, 0.6) is 0 Å². The highest BCUT2D eigenvalue weighted by Gasteiger charge is 2.36. The number of fused-ring (bicyclic) bond motifs is 1. The van der Waals surface area contributed by atoms with Crippen molar-refractivity contribution in [3.8, 4) is 0 Å². The maximum atomic E-state index is 13.8. The fourth-order valence-electron chi connectivity index (χ4n) is 4.68. The van der Waals surface area contributed by atoms with Gasteiger partial charge in [0, 0.05) is 18.1 Å². The van der Waals surface area contributed by atoms with Crippen LogP contribution in [0.25, 0.3) is 10.9 Å². The Hall–Kier alpha value is -3.77. The molecule has 1 heterocycles. The monoisotopic (exact) mass is 622 g/mol. The maximum absolute atomic E-state index is 13.8. The summed E-state index contributed by atoms with van der Waals surface area (Å²) < 4.78 is 84.3. The van der Waals surface area contributed by atoms with Gasteiger partial charge in [-0.1, -0.05) is 75.0 Å². The van der Waals surface area contributed by atoms with Crippen LogP contribution >= 0.6 is 0 Å². The van der Waals surface area contributed by atoms with Crippen molar-refractivity contribution in [1.29, 1.82) is 0 Å². The SMILES string of the molecule is Cc1ccc(S(=O)(=O)N(CCc2cn(S(=O)(=O)c3ccc(C)cc3)c3ccccc23)S(=O)(=O)c2ccc(C)cc2)cc1. The van der Waals surface area contributed by atoms with Gasteiger partial charge in [0.15, 0.2) is 0 Å². The third-order valence-electron chi connectivity index (χ3n) is 7.08. The Bertz CT molecular complexity index is 2010. The van der Waals surface area contributed by atoms with Crippen molar-refractivity contribution in [1.82, 2.24) is 7.68 Å². The highest BCUT2D eigenvalue weighted by molar-refractivity contribution is 8.04. The van der Waals surface area contributed by atoms with Crippen LogP contribution in [-0.4, -0.2) is 39.5 Å². The summed E-state index contributed by atoms with van der Waals surface area (Å²) >= 11 is 0. The number of hydrogen-bond acceptors (Lipinski definition) is 6. The van der Waals surface area contributed by atoms with Crippen LogP contribution < -0.4 is 0 Å². The van der Waals surface area contributed by atoms with Gasteiger partial charge in [0.25, 0.3) is 30.1 Å². The smallest absolute Gasteiger partial charge is 0.241 e. The summed E-state index contributed by atoms with van der Waals surface area (Å²) in [5.41, 5.74) is 3.46. The van der Waals surface area contributed by atoms with E-state index in [1.54, 1.807) is 74.5 Å². The third-order valence-corrected chi connectivity index (χ3v) is 13.1. The van der Waals surface area contributed by atoms with Crippen molar-refractivity contribution in [2.24, 2.45) is 0 Å². The van der Waals surface area contributed by atoms with Gasteiger partial charge in [0.05, 0.1) is 20.2 Å². The fourth-order valence-corrected chi connectivity index (χ4v) is 9.71. The van der Waals surface area contributed by atoms with Crippen molar-refractivity contribution in [3.05, 3.63) is 126 Å². The molecule has 0 saturated carbocycles. The molecule has 0 atom stereocenters. The van der Waals surface area contributed by atoms with Gasteiger partial charge in [-0.2, -0.15) is 0 Å². The van der Waals surface area contributed by atoms with Gasteiger partial charge in [-0.15, -0.1) is 0 Å². The van der Waals surface area contributed by atoms with Crippen molar-refractivity contribution in [2.45, 2.75) is 41.9 Å². The van der Waals surface area contributed by atoms with Gasteiger partial charge >= 0.3 is 0 Å². The molecular weight excluding hydrogens is 593 g/mol. The van der Waals surface area contributed by atoms with Crippen molar-refractivity contribution in [3.63, 3.8) is 0 Å². The molecular formula is C31H30N2O6S3. The topological polar surface area (TPSA) is 111 Å². The van der Waals surface area contributed by atoms with E-state index in [0.717, 1.165) is 20.7 Å². The van der Waals surface area contributed by atoms with Crippen LogP contribution in [0.15, 0.2) is 118 Å². The predicted molar refractivity (Wildman–Crippen MR) is 163 cm³/mol. The van der Waals surface area contributed by atoms with E-state index in [2.05, 4.69) is 0 Å². The molecule has 1 aromatic heterocycles. The van der Waals surface area contributed by atoms with Crippen LogP contribution in [0.2, 0.25) is 0 Å². The summed E-state index contributed by atoms with van der Waals surface area (Å²) in [5.74, 6) is 0. The number of para-hydroxylation sites is 1. The first-order chi connectivity index (χ1) is 19.8. The Morgan fingerprint density at radius 2 is 1.00 bits per heavy atom. The van der Waals surface area contributed by atoms with Crippen LogP contribution in [0, 0.1) is 20.8 Å². The first-order valence-corrected chi connectivity index (χ1v) is 17.5. The largest absolute Gasteiger partial charge is 0.268 e.